The summed E-state index contributed by atoms with van der Waals surface area (Å²) in [5.74, 6) is -0.691. The molecule has 10 heteroatoms. The third kappa shape index (κ3) is 5.63. The van der Waals surface area contributed by atoms with Gasteiger partial charge in [-0.15, -0.1) is 0 Å². The first-order valence-electron chi connectivity index (χ1n) is 8.45. The molecule has 2 rings (SSSR count). The van der Waals surface area contributed by atoms with Gasteiger partial charge in [-0.3, -0.25) is 9.10 Å². The van der Waals surface area contributed by atoms with Crippen LogP contribution in [-0.2, 0) is 21.0 Å². The number of aryl methyl sites for hydroxylation is 2. The number of nitrogens with zero attached hydrogens (tertiary/aromatic N) is 1. The minimum Gasteiger partial charge on any atom is -0.324 e. The van der Waals surface area contributed by atoms with Gasteiger partial charge in [0.2, 0.25) is 15.9 Å². The van der Waals surface area contributed by atoms with Gasteiger partial charge in [-0.1, -0.05) is 17.7 Å². The fraction of sp³-hybridized carbons (Fsp3) is 0.316. The largest absolute Gasteiger partial charge is 0.417 e. The van der Waals surface area contributed by atoms with Gasteiger partial charge in [0.25, 0.3) is 0 Å². The molecule has 0 heterocycles. The molecular formula is C19H20ClF3N2O3S. The Labute approximate surface area is 172 Å². The van der Waals surface area contributed by atoms with Crippen molar-refractivity contribution in [3.05, 3.63) is 58.1 Å². The van der Waals surface area contributed by atoms with Crippen molar-refractivity contribution in [3.8, 4) is 0 Å². The predicted molar refractivity (Wildman–Crippen MR) is 108 cm³/mol. The zero-order valence-corrected chi connectivity index (χ0v) is 17.7. The Morgan fingerprint density at radius 1 is 1.10 bits per heavy atom. The molecule has 2 aromatic rings. The lowest BCUT2D eigenvalue weighted by molar-refractivity contribution is -0.137. The SMILES string of the molecule is Cc1cc(C)cc(NC(=O)[C@H](C)N(c2ccc(Cl)c(C(F)(F)F)c2)S(C)(=O)=O)c1. The molecule has 1 atom stereocenters. The van der Waals surface area contributed by atoms with Crippen molar-refractivity contribution in [2.75, 3.05) is 15.9 Å². The molecule has 0 fully saturated rings. The van der Waals surface area contributed by atoms with Crippen LogP contribution in [0.3, 0.4) is 0 Å². The highest BCUT2D eigenvalue weighted by atomic mass is 35.5. The summed E-state index contributed by atoms with van der Waals surface area (Å²) in [6.07, 6.45) is -3.96. The number of halogens is 4. The van der Waals surface area contributed by atoms with Crippen molar-refractivity contribution in [2.24, 2.45) is 0 Å². The van der Waals surface area contributed by atoms with Crippen molar-refractivity contribution in [1.29, 1.82) is 0 Å². The lowest BCUT2D eigenvalue weighted by Crippen LogP contribution is -2.45. The number of hydrogen-bond donors (Lipinski definition) is 1. The Balaban J connectivity index is 2.44. The van der Waals surface area contributed by atoms with Gasteiger partial charge < -0.3 is 5.32 Å². The molecule has 0 saturated carbocycles. The third-order valence-corrected chi connectivity index (χ3v) is 5.66. The topological polar surface area (TPSA) is 66.5 Å². The fourth-order valence-electron chi connectivity index (χ4n) is 2.97. The quantitative estimate of drug-likeness (QED) is 0.716. The molecule has 0 radical (unpaired) electrons. The monoisotopic (exact) mass is 448 g/mol. The second kappa shape index (κ2) is 8.23. The van der Waals surface area contributed by atoms with Gasteiger partial charge in [-0.2, -0.15) is 13.2 Å². The lowest BCUT2D eigenvalue weighted by atomic mass is 10.1. The van der Waals surface area contributed by atoms with Gasteiger partial charge in [0.1, 0.15) is 6.04 Å². The Bertz CT molecular complexity index is 1020. The van der Waals surface area contributed by atoms with Crippen molar-refractivity contribution in [2.45, 2.75) is 33.0 Å². The second-order valence-corrected chi connectivity index (χ2v) is 9.03. The highest BCUT2D eigenvalue weighted by Crippen LogP contribution is 2.37. The van der Waals surface area contributed by atoms with Crippen LogP contribution in [0.5, 0.6) is 0 Å². The summed E-state index contributed by atoms with van der Waals surface area (Å²) >= 11 is 5.61. The van der Waals surface area contributed by atoms with Gasteiger partial charge >= 0.3 is 6.18 Å². The third-order valence-electron chi connectivity index (χ3n) is 4.09. The summed E-state index contributed by atoms with van der Waals surface area (Å²) in [5.41, 5.74) is 0.736. The molecule has 0 bridgehead atoms. The minimum absolute atomic E-state index is 0.313. The number of nitrogens with one attached hydrogen (secondary N) is 1. The van der Waals surface area contributed by atoms with E-state index in [2.05, 4.69) is 5.32 Å². The van der Waals surface area contributed by atoms with Crippen molar-refractivity contribution in [1.82, 2.24) is 0 Å². The molecule has 0 aliphatic heterocycles. The Morgan fingerprint density at radius 2 is 1.66 bits per heavy atom. The summed E-state index contributed by atoms with van der Waals surface area (Å²) in [7, 11) is -4.08. The van der Waals surface area contributed by atoms with Gasteiger partial charge in [0, 0.05) is 5.69 Å². The van der Waals surface area contributed by atoms with Crippen LogP contribution >= 0.6 is 11.6 Å². The van der Waals surface area contributed by atoms with Crippen molar-refractivity contribution >= 4 is 38.9 Å². The molecule has 0 aliphatic carbocycles. The van der Waals surface area contributed by atoms with E-state index < -0.39 is 38.7 Å². The zero-order valence-electron chi connectivity index (χ0n) is 16.1. The fourth-order valence-corrected chi connectivity index (χ4v) is 4.36. The van der Waals surface area contributed by atoms with E-state index >= 15 is 0 Å². The Kier molecular flexibility index (Phi) is 6.54. The number of amides is 1. The van der Waals surface area contributed by atoms with Gasteiger partial charge in [-0.25, -0.2) is 8.42 Å². The second-order valence-electron chi connectivity index (χ2n) is 6.76. The van der Waals surface area contributed by atoms with Crippen LogP contribution in [0, 0.1) is 13.8 Å². The minimum atomic E-state index is -4.78. The number of anilines is 2. The maximum absolute atomic E-state index is 13.2. The van der Waals surface area contributed by atoms with Crippen LogP contribution in [0.2, 0.25) is 5.02 Å². The van der Waals surface area contributed by atoms with E-state index in [-0.39, 0.29) is 5.69 Å². The molecule has 0 spiro atoms. The van der Waals surface area contributed by atoms with Crippen molar-refractivity contribution < 1.29 is 26.4 Å². The molecule has 0 aromatic heterocycles. The highest BCUT2D eigenvalue weighted by Gasteiger charge is 2.36. The van der Waals surface area contributed by atoms with E-state index in [1.807, 2.05) is 19.9 Å². The molecule has 158 valence electrons. The Morgan fingerprint density at radius 3 is 2.14 bits per heavy atom. The lowest BCUT2D eigenvalue weighted by Gasteiger charge is -2.29. The summed E-state index contributed by atoms with van der Waals surface area (Å²) in [6, 6.07) is 6.68. The molecule has 0 saturated heterocycles. The number of alkyl halides is 3. The molecule has 29 heavy (non-hydrogen) atoms. The summed E-state index contributed by atoms with van der Waals surface area (Å²) in [4.78, 5) is 12.7. The number of benzene rings is 2. The van der Waals surface area contributed by atoms with E-state index in [0.29, 0.717) is 16.1 Å². The predicted octanol–water partition coefficient (Wildman–Crippen LogP) is 4.77. The smallest absolute Gasteiger partial charge is 0.324 e. The summed E-state index contributed by atoms with van der Waals surface area (Å²) in [6.45, 7) is 4.96. The van der Waals surface area contributed by atoms with Crippen LogP contribution in [0.15, 0.2) is 36.4 Å². The molecule has 0 aliphatic rings. The van der Waals surface area contributed by atoms with Crippen LogP contribution in [0.4, 0.5) is 24.5 Å². The van der Waals surface area contributed by atoms with Crippen LogP contribution in [0.25, 0.3) is 0 Å². The molecule has 2 aromatic carbocycles. The molecular weight excluding hydrogens is 429 g/mol. The number of sulfonamides is 1. The summed E-state index contributed by atoms with van der Waals surface area (Å²) < 4.78 is 64.8. The highest BCUT2D eigenvalue weighted by molar-refractivity contribution is 7.92. The number of rotatable bonds is 5. The molecule has 1 amide bonds. The Hall–Kier alpha value is -2.26. The van der Waals surface area contributed by atoms with Crippen LogP contribution < -0.4 is 9.62 Å². The average Bonchev–Trinajstić information content (AvgIpc) is 2.53. The summed E-state index contributed by atoms with van der Waals surface area (Å²) in [5, 5.41) is 2.04. The molecule has 1 N–H and O–H groups in total. The van der Waals surface area contributed by atoms with Gasteiger partial charge in [-0.05, 0) is 62.2 Å². The molecule has 5 nitrogen and oxygen atoms in total. The molecule has 0 unspecified atom stereocenters. The van der Waals surface area contributed by atoms with Crippen LogP contribution in [-0.4, -0.2) is 26.6 Å². The van der Waals surface area contributed by atoms with Gasteiger partial charge in [0.05, 0.1) is 22.5 Å². The first-order valence-corrected chi connectivity index (χ1v) is 10.7. The number of carbonyl (C=O) groups excluding carboxylic acids is 1. The maximum Gasteiger partial charge on any atom is 0.417 e. The van der Waals surface area contributed by atoms with E-state index in [9.17, 15) is 26.4 Å². The van der Waals surface area contributed by atoms with Crippen molar-refractivity contribution in [3.63, 3.8) is 0 Å². The van der Waals surface area contributed by atoms with Crippen LogP contribution in [0.1, 0.15) is 23.6 Å². The first-order chi connectivity index (χ1) is 13.2. The van der Waals surface area contributed by atoms with E-state index in [1.165, 1.54) is 6.92 Å². The average molecular weight is 449 g/mol. The normalized spacial score (nSPS) is 13.1. The van der Waals surface area contributed by atoms with E-state index in [1.54, 1.807) is 12.1 Å². The van der Waals surface area contributed by atoms with E-state index in [0.717, 1.165) is 29.5 Å². The standard InChI is InChI=1S/C19H20ClF3N2O3S/c1-11-7-12(2)9-14(8-11)24-18(26)13(3)25(29(4,27)28)15-5-6-17(20)16(10-15)19(21,22)23/h5-10,13H,1-4H3,(H,24,26)/t13-/m0/s1. The number of hydrogen-bond acceptors (Lipinski definition) is 3. The number of carbonyl (C=O) groups is 1. The zero-order chi connectivity index (χ0) is 22.1. The van der Waals surface area contributed by atoms with E-state index in [4.69, 9.17) is 11.6 Å². The maximum atomic E-state index is 13.2. The first kappa shape index (κ1) is 23.0. The van der Waals surface area contributed by atoms with Gasteiger partial charge in [0.15, 0.2) is 0 Å².